The van der Waals surface area contributed by atoms with Crippen LogP contribution in [0, 0.1) is 0 Å². The van der Waals surface area contributed by atoms with Gasteiger partial charge in [0.15, 0.2) is 23.9 Å². The Morgan fingerprint density at radius 1 is 0.632 bits per heavy atom. The molecule has 0 aliphatic rings. The molecule has 57 heavy (non-hydrogen) atoms. The number of carbonyl (C=O) groups excluding carboxylic acids is 1. The van der Waals surface area contributed by atoms with Crippen molar-refractivity contribution in [1.29, 1.82) is 0 Å². The van der Waals surface area contributed by atoms with E-state index in [1.54, 1.807) is 0 Å². The molecule has 0 radical (unpaired) electrons. The molecule has 0 spiro atoms. The Balaban J connectivity index is 1.60. The molecule has 0 aliphatic carbocycles. The van der Waals surface area contributed by atoms with Crippen molar-refractivity contribution in [3.05, 3.63) is 22.5 Å². The Bertz CT molecular complexity index is 1270. The van der Waals surface area contributed by atoms with E-state index in [0.29, 0.717) is 6.54 Å². The van der Waals surface area contributed by atoms with Crippen molar-refractivity contribution in [1.82, 2.24) is 34.6 Å². The van der Waals surface area contributed by atoms with Crippen molar-refractivity contribution < 1.29 is 23.7 Å². The predicted molar refractivity (Wildman–Crippen MR) is 230 cm³/mol. The largest absolute Gasteiger partial charge is 0.353 e. The number of hydrogen-bond acceptors (Lipinski definition) is 10. The number of nitrogens with zero attached hydrogens (tertiary/aromatic N) is 6. The van der Waals surface area contributed by atoms with E-state index in [9.17, 15) is 9.59 Å². The lowest BCUT2D eigenvalue weighted by molar-refractivity contribution is -0.132. The fourth-order valence-corrected chi connectivity index (χ4v) is 6.92. The molecule has 2 aromatic rings. The molecule has 2 heterocycles. The number of amides is 1. The second kappa shape index (κ2) is 34.4. The summed E-state index contributed by atoms with van der Waals surface area (Å²) in [6.07, 6.45) is 30.0. The van der Waals surface area contributed by atoms with Crippen LogP contribution in [0.3, 0.4) is 0 Å². The highest BCUT2D eigenvalue weighted by Crippen LogP contribution is 2.12. The summed E-state index contributed by atoms with van der Waals surface area (Å²) in [4.78, 5) is 31.6. The number of unbranched alkanes of at least 4 members (excludes halogenated alkanes) is 19. The van der Waals surface area contributed by atoms with Crippen LogP contribution in [0.4, 0.5) is 0 Å². The van der Waals surface area contributed by atoms with Gasteiger partial charge in [-0.25, -0.2) is 14.2 Å². The average Bonchev–Trinajstić information content (AvgIpc) is 3.65. The lowest BCUT2D eigenvalue weighted by atomic mass is 10.1. The third-order valence-electron chi connectivity index (χ3n) is 10.5. The van der Waals surface area contributed by atoms with Crippen molar-refractivity contribution in [2.24, 2.45) is 7.05 Å². The van der Waals surface area contributed by atoms with Gasteiger partial charge in [0.05, 0.1) is 0 Å². The van der Waals surface area contributed by atoms with Crippen molar-refractivity contribution in [2.75, 3.05) is 52.6 Å². The lowest BCUT2D eigenvalue weighted by Crippen LogP contribution is -2.29. The molecule has 13 heteroatoms. The summed E-state index contributed by atoms with van der Waals surface area (Å²) >= 11 is 0. The van der Waals surface area contributed by atoms with E-state index < -0.39 is 0 Å². The van der Waals surface area contributed by atoms with E-state index in [-0.39, 0.29) is 35.5 Å². The van der Waals surface area contributed by atoms with Gasteiger partial charge in [-0.05, 0) is 84.8 Å². The number of nitrogens with one attached hydrogen (secondary N) is 1. The molecule has 0 saturated carbocycles. The quantitative estimate of drug-likeness (QED) is 0.0514. The topological polar surface area (TPSA) is 134 Å². The zero-order valence-electron chi connectivity index (χ0n) is 37.0. The SMILES string of the molecule is CCCCCCCCOC(C)OCCCCCCN(CCCCCCNC(=O)c1ncn2c(=O)n(C)nnc12)CCCCCCOC(C)OCCCCCCCC. The van der Waals surface area contributed by atoms with Gasteiger partial charge in [0, 0.05) is 40.0 Å². The van der Waals surface area contributed by atoms with Crippen molar-refractivity contribution in [2.45, 2.75) is 194 Å². The van der Waals surface area contributed by atoms with Crippen LogP contribution in [0.15, 0.2) is 11.1 Å². The highest BCUT2D eigenvalue weighted by atomic mass is 16.7. The molecule has 0 aliphatic heterocycles. The zero-order chi connectivity index (χ0) is 41.2. The summed E-state index contributed by atoms with van der Waals surface area (Å²) in [7, 11) is 1.51. The van der Waals surface area contributed by atoms with Crippen molar-refractivity contribution in [3.63, 3.8) is 0 Å². The van der Waals surface area contributed by atoms with E-state index in [4.69, 9.17) is 18.9 Å². The van der Waals surface area contributed by atoms with Gasteiger partial charge in [-0.15, -0.1) is 5.10 Å². The molecule has 2 unspecified atom stereocenters. The summed E-state index contributed by atoms with van der Waals surface area (Å²) in [5, 5.41) is 10.7. The molecule has 13 nitrogen and oxygen atoms in total. The van der Waals surface area contributed by atoms with Crippen molar-refractivity contribution in [3.8, 4) is 0 Å². The Morgan fingerprint density at radius 3 is 1.49 bits per heavy atom. The fraction of sp³-hybridized carbons (Fsp3) is 0.886. The molecular weight excluding hydrogens is 723 g/mol. The van der Waals surface area contributed by atoms with Crippen molar-refractivity contribution >= 4 is 11.6 Å². The van der Waals surface area contributed by atoms with Crippen LogP contribution < -0.4 is 11.0 Å². The van der Waals surface area contributed by atoms with Crippen LogP contribution in [0.2, 0.25) is 0 Å². The maximum absolute atomic E-state index is 12.7. The van der Waals surface area contributed by atoms with Gasteiger partial charge in [0.25, 0.3) is 5.91 Å². The van der Waals surface area contributed by atoms with Crippen LogP contribution in [0.1, 0.15) is 192 Å². The predicted octanol–water partition coefficient (Wildman–Crippen LogP) is 9.02. The van der Waals surface area contributed by atoms with Crippen LogP contribution in [0.25, 0.3) is 5.65 Å². The number of aryl methyl sites for hydroxylation is 1. The number of rotatable bonds is 40. The van der Waals surface area contributed by atoms with Gasteiger partial charge < -0.3 is 29.2 Å². The first-order valence-corrected chi connectivity index (χ1v) is 23.1. The Kier molecular flexibility index (Phi) is 30.6. The first-order valence-electron chi connectivity index (χ1n) is 23.1. The Morgan fingerprint density at radius 2 is 1.04 bits per heavy atom. The van der Waals surface area contributed by atoms with Gasteiger partial charge in [0.1, 0.15) is 6.33 Å². The number of imidazole rings is 1. The average molecular weight is 806 g/mol. The second-order valence-corrected chi connectivity index (χ2v) is 15.8. The summed E-state index contributed by atoms with van der Waals surface area (Å²) in [5.41, 5.74) is -0.0889. The molecule has 2 atom stereocenters. The number of fused-ring (bicyclic) bond motifs is 1. The maximum atomic E-state index is 12.7. The molecule has 330 valence electrons. The summed E-state index contributed by atoms with van der Waals surface area (Å²) in [6.45, 7) is 15.6. The van der Waals surface area contributed by atoms with Gasteiger partial charge in [-0.2, -0.15) is 4.68 Å². The summed E-state index contributed by atoms with van der Waals surface area (Å²) in [6, 6.07) is 0. The molecule has 2 rings (SSSR count). The lowest BCUT2D eigenvalue weighted by Gasteiger charge is -2.22. The van der Waals surface area contributed by atoms with E-state index >= 15 is 0 Å². The summed E-state index contributed by atoms with van der Waals surface area (Å²) in [5.74, 6) is -0.331. The molecule has 1 N–H and O–H groups in total. The molecule has 2 aromatic heterocycles. The minimum atomic E-state index is -0.389. The monoisotopic (exact) mass is 806 g/mol. The molecule has 0 saturated heterocycles. The standard InChI is InChI=1S/C44H83N7O6/c1-6-8-10-12-18-26-34-54-39(3)56-36-28-20-16-24-32-50(33-25-17-21-29-37-57-40(4)55-35-27-19-13-11-9-7-2)31-23-15-14-22-30-45-43(52)41-42-47-48-49(5)44(53)51(42)38-46-41/h38-40H,6-37H2,1-5H3,(H,45,52). The van der Waals surface area contributed by atoms with Crippen LogP contribution in [0.5, 0.6) is 0 Å². The highest BCUT2D eigenvalue weighted by molar-refractivity contribution is 5.97. The van der Waals surface area contributed by atoms with E-state index in [1.807, 2.05) is 13.8 Å². The third kappa shape index (κ3) is 24.9. The van der Waals surface area contributed by atoms with Gasteiger partial charge in [-0.3, -0.25) is 4.79 Å². The fourth-order valence-electron chi connectivity index (χ4n) is 6.92. The van der Waals surface area contributed by atoms with Gasteiger partial charge in [0.2, 0.25) is 0 Å². The molecule has 1 amide bonds. The first-order chi connectivity index (χ1) is 27.9. The van der Waals surface area contributed by atoms with E-state index in [0.717, 1.165) is 102 Å². The number of hydrogen-bond donors (Lipinski definition) is 1. The number of aromatic nitrogens is 5. The van der Waals surface area contributed by atoms with Crippen LogP contribution >= 0.6 is 0 Å². The van der Waals surface area contributed by atoms with Crippen LogP contribution in [-0.2, 0) is 26.0 Å². The zero-order valence-corrected chi connectivity index (χ0v) is 37.0. The summed E-state index contributed by atoms with van der Waals surface area (Å²) < 4.78 is 25.9. The molecular formula is C44H83N7O6. The highest BCUT2D eigenvalue weighted by Gasteiger charge is 2.17. The van der Waals surface area contributed by atoms with E-state index in [1.165, 1.54) is 121 Å². The maximum Gasteiger partial charge on any atom is 0.352 e. The minimum Gasteiger partial charge on any atom is -0.353 e. The third-order valence-corrected chi connectivity index (χ3v) is 10.5. The smallest absolute Gasteiger partial charge is 0.352 e. The molecule has 0 fully saturated rings. The van der Waals surface area contributed by atoms with Crippen LogP contribution in [-0.4, -0.2) is 100 Å². The molecule has 0 aromatic carbocycles. The second-order valence-electron chi connectivity index (χ2n) is 15.8. The van der Waals surface area contributed by atoms with Gasteiger partial charge >= 0.3 is 5.69 Å². The first kappa shape index (κ1) is 50.7. The minimum absolute atomic E-state index is 0.116. The Hall–Kier alpha value is -2.45. The van der Waals surface area contributed by atoms with E-state index in [2.05, 4.69) is 39.4 Å². The Labute approximate surface area is 345 Å². The number of ether oxygens (including phenoxy) is 4. The normalized spacial score (nSPS) is 12.9. The number of carbonyl (C=O) groups is 1. The van der Waals surface area contributed by atoms with Gasteiger partial charge in [-0.1, -0.05) is 122 Å². The molecule has 0 bridgehead atoms.